The molecule has 7 heteroatoms. The van der Waals surface area contributed by atoms with Gasteiger partial charge in [-0.05, 0) is 49.9 Å². The maximum Gasteiger partial charge on any atom is 0.214 e. The Morgan fingerprint density at radius 3 is 2.58 bits per heavy atom. The second kappa shape index (κ2) is 7.98. The van der Waals surface area contributed by atoms with Gasteiger partial charge in [-0.25, -0.2) is 13.1 Å². The van der Waals surface area contributed by atoms with E-state index in [4.69, 9.17) is 0 Å². The Labute approximate surface area is 156 Å². The topological polar surface area (TPSA) is 75.2 Å². The van der Waals surface area contributed by atoms with Gasteiger partial charge < -0.3 is 0 Å². The van der Waals surface area contributed by atoms with Crippen molar-refractivity contribution in [3.05, 3.63) is 36.2 Å². The summed E-state index contributed by atoms with van der Waals surface area (Å²) in [6, 6.07) is 6.45. The van der Waals surface area contributed by atoms with E-state index in [1.165, 1.54) is 5.56 Å². The van der Waals surface area contributed by atoms with Gasteiger partial charge >= 0.3 is 0 Å². The third-order valence-corrected chi connectivity index (χ3v) is 7.47. The van der Waals surface area contributed by atoms with Crippen molar-refractivity contribution < 1.29 is 8.42 Å². The number of nitrogens with zero attached hydrogens (tertiary/aromatic N) is 3. The molecule has 0 aliphatic carbocycles. The Balaban J connectivity index is 0.000000948. The lowest BCUT2D eigenvalue weighted by molar-refractivity contribution is 0.216. The standard InChI is InChI=1S/C17H22N4O2S.C2H6/c1-12(13-2-3-15-16(10-13)19-7-6-18-15)21-8-4-14-11-20-24(22,23)17(14)5-9-21;1-2/h2-3,6-7,10,12,14,17,20H,4-5,8-9,11H2,1H3;1-2H3. The largest absolute Gasteiger partial charge is 0.297 e. The predicted molar refractivity (Wildman–Crippen MR) is 104 cm³/mol. The van der Waals surface area contributed by atoms with Crippen LogP contribution in [0, 0.1) is 5.92 Å². The van der Waals surface area contributed by atoms with E-state index in [0.717, 1.165) is 30.5 Å². The summed E-state index contributed by atoms with van der Waals surface area (Å²) in [5.74, 6) is 0.245. The second-order valence-corrected chi connectivity index (χ2v) is 8.77. The van der Waals surface area contributed by atoms with Gasteiger partial charge in [-0.15, -0.1) is 0 Å². The molecule has 3 atom stereocenters. The van der Waals surface area contributed by atoms with E-state index in [-0.39, 0.29) is 17.2 Å². The Kier molecular flexibility index (Phi) is 5.89. The van der Waals surface area contributed by atoms with Gasteiger partial charge in [0.15, 0.2) is 0 Å². The van der Waals surface area contributed by atoms with Gasteiger partial charge in [0.1, 0.15) is 0 Å². The van der Waals surface area contributed by atoms with E-state index < -0.39 is 10.0 Å². The molecule has 0 amide bonds. The fraction of sp³-hybridized carbons (Fsp3) is 0.579. The fourth-order valence-electron chi connectivity index (χ4n) is 3.97. The maximum atomic E-state index is 12.1. The summed E-state index contributed by atoms with van der Waals surface area (Å²) < 4.78 is 26.9. The van der Waals surface area contributed by atoms with Crippen LogP contribution in [0.15, 0.2) is 30.6 Å². The second-order valence-electron chi connectivity index (χ2n) is 6.79. The van der Waals surface area contributed by atoms with Crippen LogP contribution in [0.2, 0.25) is 0 Å². The van der Waals surface area contributed by atoms with Gasteiger partial charge in [-0.2, -0.15) is 0 Å². The van der Waals surface area contributed by atoms with Crippen molar-refractivity contribution in [2.24, 2.45) is 5.92 Å². The lowest BCUT2D eigenvalue weighted by atomic mass is 10.0. The highest BCUT2D eigenvalue weighted by molar-refractivity contribution is 7.90. The van der Waals surface area contributed by atoms with Crippen molar-refractivity contribution in [1.82, 2.24) is 19.6 Å². The highest BCUT2D eigenvalue weighted by Crippen LogP contribution is 2.32. The molecule has 3 unspecified atom stereocenters. The van der Waals surface area contributed by atoms with Crippen LogP contribution in [-0.4, -0.2) is 48.2 Å². The first-order valence-electron chi connectivity index (χ1n) is 9.48. The molecule has 2 fully saturated rings. The average molecular weight is 377 g/mol. The van der Waals surface area contributed by atoms with E-state index in [1.54, 1.807) is 12.4 Å². The molecule has 1 N–H and O–H groups in total. The minimum atomic E-state index is -3.11. The van der Waals surface area contributed by atoms with Crippen molar-refractivity contribution in [2.45, 2.75) is 44.9 Å². The molecule has 2 aliphatic heterocycles. The van der Waals surface area contributed by atoms with Gasteiger partial charge in [0, 0.05) is 31.5 Å². The normalized spacial score (nSPS) is 26.4. The monoisotopic (exact) mass is 376 g/mol. The van der Waals surface area contributed by atoms with E-state index >= 15 is 0 Å². The minimum absolute atomic E-state index is 0.225. The number of benzene rings is 1. The smallest absolute Gasteiger partial charge is 0.214 e. The number of sulfonamides is 1. The molecule has 0 radical (unpaired) electrons. The van der Waals surface area contributed by atoms with Crippen molar-refractivity contribution in [3.8, 4) is 0 Å². The van der Waals surface area contributed by atoms with E-state index in [1.807, 2.05) is 19.9 Å². The highest BCUT2D eigenvalue weighted by atomic mass is 32.2. The van der Waals surface area contributed by atoms with Gasteiger partial charge in [-0.3, -0.25) is 14.9 Å². The Bertz CT molecular complexity index is 855. The summed E-state index contributed by atoms with van der Waals surface area (Å²) in [7, 11) is -3.11. The van der Waals surface area contributed by atoms with Gasteiger partial charge in [0.2, 0.25) is 10.0 Å². The van der Waals surface area contributed by atoms with Crippen molar-refractivity contribution in [3.63, 3.8) is 0 Å². The summed E-state index contributed by atoms with van der Waals surface area (Å²) in [6.45, 7) is 8.52. The molecule has 2 saturated heterocycles. The van der Waals surface area contributed by atoms with Crippen LogP contribution < -0.4 is 4.72 Å². The molecule has 0 saturated carbocycles. The maximum absolute atomic E-state index is 12.1. The molecule has 142 valence electrons. The van der Waals surface area contributed by atoms with E-state index in [0.29, 0.717) is 13.0 Å². The summed E-state index contributed by atoms with van der Waals surface area (Å²) in [5, 5.41) is -0.225. The molecule has 2 aliphatic rings. The molecule has 1 aromatic heterocycles. The van der Waals surface area contributed by atoms with Crippen LogP contribution in [0.25, 0.3) is 11.0 Å². The summed E-state index contributed by atoms with van der Waals surface area (Å²) in [5.41, 5.74) is 3.01. The zero-order chi connectivity index (χ0) is 18.7. The highest BCUT2D eigenvalue weighted by Gasteiger charge is 2.41. The first-order valence-corrected chi connectivity index (χ1v) is 11.0. The zero-order valence-corrected chi connectivity index (χ0v) is 16.5. The zero-order valence-electron chi connectivity index (χ0n) is 15.7. The lowest BCUT2D eigenvalue weighted by Crippen LogP contribution is -2.30. The fourth-order valence-corrected chi connectivity index (χ4v) is 5.78. The Morgan fingerprint density at radius 2 is 1.81 bits per heavy atom. The summed E-state index contributed by atoms with van der Waals surface area (Å²) >= 11 is 0. The summed E-state index contributed by atoms with van der Waals surface area (Å²) in [6.07, 6.45) is 5.04. The first kappa shape index (κ1) is 19.2. The number of hydrogen-bond acceptors (Lipinski definition) is 5. The molecule has 4 rings (SSSR count). The molecular weight excluding hydrogens is 348 g/mol. The SMILES string of the molecule is CC.CC(c1ccc2nccnc2c1)N1CCC2CNS(=O)(=O)C2CC1. The Morgan fingerprint density at radius 1 is 1.12 bits per heavy atom. The van der Waals surface area contributed by atoms with Crippen molar-refractivity contribution >= 4 is 21.1 Å². The van der Waals surface area contributed by atoms with Crippen LogP contribution >= 0.6 is 0 Å². The molecule has 26 heavy (non-hydrogen) atoms. The first-order chi connectivity index (χ1) is 12.5. The lowest BCUT2D eigenvalue weighted by Gasteiger charge is -2.28. The van der Waals surface area contributed by atoms with Gasteiger partial charge in [0.25, 0.3) is 0 Å². The molecule has 3 heterocycles. The average Bonchev–Trinajstić information content (AvgIpc) is 2.84. The van der Waals surface area contributed by atoms with Crippen LogP contribution in [0.5, 0.6) is 0 Å². The molecule has 2 aromatic rings. The molecule has 6 nitrogen and oxygen atoms in total. The number of rotatable bonds is 2. The van der Waals surface area contributed by atoms with Crippen molar-refractivity contribution in [1.29, 1.82) is 0 Å². The number of fused-ring (bicyclic) bond motifs is 2. The number of likely N-dealkylation sites (tertiary alicyclic amines) is 1. The number of hydrogen-bond donors (Lipinski definition) is 1. The third-order valence-electron chi connectivity index (χ3n) is 5.48. The summed E-state index contributed by atoms with van der Waals surface area (Å²) in [4.78, 5) is 11.1. The van der Waals surface area contributed by atoms with E-state index in [2.05, 4.69) is 38.6 Å². The number of nitrogens with one attached hydrogen (secondary N) is 1. The van der Waals surface area contributed by atoms with Crippen LogP contribution in [0.1, 0.15) is 45.2 Å². The predicted octanol–water partition coefficient (Wildman–Crippen LogP) is 2.73. The van der Waals surface area contributed by atoms with E-state index in [9.17, 15) is 8.42 Å². The molecule has 1 aromatic carbocycles. The van der Waals surface area contributed by atoms with Crippen LogP contribution in [0.3, 0.4) is 0 Å². The van der Waals surface area contributed by atoms with Gasteiger partial charge in [-0.1, -0.05) is 19.9 Å². The third kappa shape index (κ3) is 3.75. The molecule has 0 bridgehead atoms. The Hall–Kier alpha value is -1.57. The van der Waals surface area contributed by atoms with Crippen LogP contribution in [0.4, 0.5) is 0 Å². The van der Waals surface area contributed by atoms with Crippen molar-refractivity contribution in [2.75, 3.05) is 19.6 Å². The molecule has 0 spiro atoms. The number of aromatic nitrogens is 2. The van der Waals surface area contributed by atoms with Gasteiger partial charge in [0.05, 0.1) is 16.3 Å². The molecular formula is C19H28N4O2S. The quantitative estimate of drug-likeness (QED) is 0.872. The van der Waals surface area contributed by atoms with Crippen LogP contribution in [-0.2, 0) is 10.0 Å². The minimum Gasteiger partial charge on any atom is -0.297 e.